The van der Waals surface area contributed by atoms with Gasteiger partial charge in [-0.05, 0) is 68.5 Å². The minimum Gasteiger partial charge on any atom is -0.497 e. The van der Waals surface area contributed by atoms with Gasteiger partial charge < -0.3 is 25.2 Å². The lowest BCUT2D eigenvalue weighted by atomic mass is 9.69. The standard InChI is InChI=1S/C30H34F3N3O3/c1-36(2)25-18-35-24-8-7-21(39-3)17-22(24)28(25)26(37)9-10-30(11-13-34-14-12-30)27(38)6-4-5-19-15-20(31)16-23(32)29(19)33/h7-8,15-18,26-27,34,37-38H,6,9-14H2,1-3H3/t26-,27+/m1/s1. The SMILES string of the molecule is COc1ccc2ncc(N(C)C)c([C@H](O)CCC3([C@@H](O)CC#Cc4cc(F)cc(F)c4F)CCNCC3)c2c1. The van der Waals surface area contributed by atoms with Crippen molar-refractivity contribution in [1.82, 2.24) is 10.3 Å². The second kappa shape index (κ2) is 12.2. The van der Waals surface area contributed by atoms with Crippen LogP contribution in [0, 0.1) is 34.7 Å². The maximum Gasteiger partial charge on any atom is 0.174 e. The van der Waals surface area contributed by atoms with Gasteiger partial charge in [0.15, 0.2) is 11.6 Å². The van der Waals surface area contributed by atoms with Gasteiger partial charge in [0.2, 0.25) is 0 Å². The van der Waals surface area contributed by atoms with Gasteiger partial charge in [0.25, 0.3) is 0 Å². The number of fused-ring (bicyclic) bond motifs is 1. The quantitative estimate of drug-likeness (QED) is 0.283. The monoisotopic (exact) mass is 541 g/mol. The molecular weight excluding hydrogens is 507 g/mol. The Morgan fingerprint density at radius 2 is 1.87 bits per heavy atom. The molecule has 3 N–H and O–H groups in total. The summed E-state index contributed by atoms with van der Waals surface area (Å²) >= 11 is 0. The third-order valence-electron chi connectivity index (χ3n) is 7.64. The van der Waals surface area contributed by atoms with E-state index < -0.39 is 35.1 Å². The average molecular weight is 542 g/mol. The van der Waals surface area contributed by atoms with Gasteiger partial charge in [-0.3, -0.25) is 4.98 Å². The molecule has 2 heterocycles. The van der Waals surface area contributed by atoms with Crippen molar-refractivity contribution in [3.8, 4) is 17.6 Å². The summed E-state index contributed by atoms with van der Waals surface area (Å²) in [6.45, 7) is 1.39. The van der Waals surface area contributed by atoms with Crippen molar-refractivity contribution in [2.45, 2.75) is 44.3 Å². The summed E-state index contributed by atoms with van der Waals surface area (Å²) < 4.78 is 46.5. The van der Waals surface area contributed by atoms with Crippen molar-refractivity contribution >= 4 is 16.6 Å². The Bertz CT molecular complexity index is 1380. The van der Waals surface area contributed by atoms with Crippen LogP contribution in [0.2, 0.25) is 0 Å². The average Bonchev–Trinajstić information content (AvgIpc) is 2.93. The Morgan fingerprint density at radius 1 is 1.13 bits per heavy atom. The van der Waals surface area contributed by atoms with Crippen molar-refractivity contribution in [2.75, 3.05) is 39.2 Å². The van der Waals surface area contributed by atoms with Crippen LogP contribution in [0.3, 0.4) is 0 Å². The smallest absolute Gasteiger partial charge is 0.174 e. The lowest BCUT2D eigenvalue weighted by molar-refractivity contribution is -0.0120. The molecular formula is C30H34F3N3O3. The van der Waals surface area contributed by atoms with Gasteiger partial charge in [0.05, 0.1) is 42.3 Å². The zero-order valence-electron chi connectivity index (χ0n) is 22.4. The molecule has 0 aliphatic carbocycles. The van der Waals surface area contributed by atoms with E-state index in [-0.39, 0.29) is 12.0 Å². The highest BCUT2D eigenvalue weighted by atomic mass is 19.2. The molecule has 2 aromatic carbocycles. The topological polar surface area (TPSA) is 77.9 Å². The number of nitrogens with zero attached hydrogens (tertiary/aromatic N) is 2. The number of aromatic nitrogens is 1. The van der Waals surface area contributed by atoms with E-state index in [0.29, 0.717) is 50.6 Å². The molecule has 0 saturated carbocycles. The lowest BCUT2D eigenvalue weighted by Crippen LogP contribution is -2.44. The molecule has 6 nitrogen and oxygen atoms in total. The Morgan fingerprint density at radius 3 is 2.56 bits per heavy atom. The predicted molar refractivity (Wildman–Crippen MR) is 145 cm³/mol. The van der Waals surface area contributed by atoms with Gasteiger partial charge in [-0.15, -0.1) is 0 Å². The van der Waals surface area contributed by atoms with Crippen molar-refractivity contribution in [3.05, 3.63) is 65.1 Å². The van der Waals surface area contributed by atoms with Gasteiger partial charge in [-0.25, -0.2) is 13.2 Å². The summed E-state index contributed by atoms with van der Waals surface area (Å²) in [5.41, 5.74) is 1.35. The number of benzene rings is 2. The highest BCUT2D eigenvalue weighted by Gasteiger charge is 2.39. The van der Waals surface area contributed by atoms with Gasteiger partial charge in [-0.1, -0.05) is 11.8 Å². The molecule has 0 spiro atoms. The van der Waals surface area contributed by atoms with E-state index in [4.69, 9.17) is 4.74 Å². The van der Waals surface area contributed by atoms with Crippen LogP contribution in [-0.2, 0) is 0 Å². The van der Waals surface area contributed by atoms with E-state index in [1.807, 2.05) is 37.2 Å². The first-order valence-corrected chi connectivity index (χ1v) is 13.0. The maximum absolute atomic E-state index is 14.0. The molecule has 1 saturated heterocycles. The first-order valence-electron chi connectivity index (χ1n) is 13.0. The molecule has 0 amide bonds. The number of methoxy groups -OCH3 is 1. The number of aliphatic hydroxyl groups excluding tert-OH is 2. The van der Waals surface area contributed by atoms with Crippen LogP contribution < -0.4 is 15.0 Å². The van der Waals surface area contributed by atoms with Crippen LogP contribution in [0.5, 0.6) is 5.75 Å². The fraction of sp³-hybridized carbons (Fsp3) is 0.433. The first-order chi connectivity index (χ1) is 18.6. The number of aliphatic hydroxyl groups is 2. The van der Waals surface area contributed by atoms with Gasteiger partial charge in [-0.2, -0.15) is 0 Å². The number of pyridine rings is 1. The third kappa shape index (κ3) is 6.30. The zero-order valence-corrected chi connectivity index (χ0v) is 22.4. The molecule has 1 fully saturated rings. The van der Waals surface area contributed by atoms with E-state index in [1.54, 1.807) is 13.3 Å². The molecule has 2 atom stereocenters. The van der Waals surface area contributed by atoms with Gasteiger partial charge in [0.1, 0.15) is 11.6 Å². The van der Waals surface area contributed by atoms with Gasteiger partial charge >= 0.3 is 0 Å². The summed E-state index contributed by atoms with van der Waals surface area (Å²) in [6, 6.07) is 6.85. The Kier molecular flexibility index (Phi) is 9.01. The molecule has 9 heteroatoms. The van der Waals surface area contributed by atoms with E-state index in [9.17, 15) is 23.4 Å². The Hall–Kier alpha value is -3.32. The predicted octanol–water partition coefficient (Wildman–Crippen LogP) is 4.71. The molecule has 0 radical (unpaired) electrons. The van der Waals surface area contributed by atoms with Crippen molar-refractivity contribution in [3.63, 3.8) is 0 Å². The number of nitrogens with one attached hydrogen (secondary N) is 1. The number of anilines is 1. The largest absolute Gasteiger partial charge is 0.497 e. The lowest BCUT2D eigenvalue weighted by Gasteiger charge is -2.41. The summed E-state index contributed by atoms with van der Waals surface area (Å²) in [7, 11) is 5.37. The molecule has 0 unspecified atom stereocenters. The van der Waals surface area contributed by atoms with Crippen LogP contribution in [0.1, 0.15) is 49.3 Å². The number of hydrogen-bond donors (Lipinski definition) is 3. The van der Waals surface area contributed by atoms with Crippen LogP contribution in [0.4, 0.5) is 18.9 Å². The summed E-state index contributed by atoms with van der Waals surface area (Å²) in [4.78, 5) is 6.45. The number of rotatable bonds is 8. The fourth-order valence-electron chi connectivity index (χ4n) is 5.36. The maximum atomic E-state index is 14.0. The summed E-state index contributed by atoms with van der Waals surface area (Å²) in [5, 5.41) is 26.9. The molecule has 1 aliphatic heterocycles. The number of halogens is 3. The molecule has 3 aromatic rings. The highest BCUT2D eigenvalue weighted by molar-refractivity contribution is 5.88. The molecule has 1 aliphatic rings. The molecule has 208 valence electrons. The minimum atomic E-state index is -1.30. The summed E-state index contributed by atoms with van der Waals surface area (Å²) in [5.74, 6) is 2.41. The first kappa shape index (κ1) is 28.7. The minimum absolute atomic E-state index is 0.00595. The van der Waals surface area contributed by atoms with Crippen LogP contribution in [0.25, 0.3) is 10.9 Å². The van der Waals surface area contributed by atoms with Gasteiger partial charge in [0, 0.05) is 37.5 Å². The van der Waals surface area contributed by atoms with E-state index in [2.05, 4.69) is 22.1 Å². The normalized spacial score (nSPS) is 16.3. The van der Waals surface area contributed by atoms with Crippen molar-refractivity contribution < 1.29 is 28.1 Å². The third-order valence-corrected chi connectivity index (χ3v) is 7.64. The molecule has 1 aromatic heterocycles. The number of piperidine rings is 1. The Balaban J connectivity index is 1.58. The van der Waals surface area contributed by atoms with E-state index in [1.165, 1.54) is 0 Å². The molecule has 39 heavy (non-hydrogen) atoms. The molecule has 4 rings (SSSR count). The zero-order chi connectivity index (χ0) is 28.2. The van der Waals surface area contributed by atoms with Crippen molar-refractivity contribution in [1.29, 1.82) is 0 Å². The van der Waals surface area contributed by atoms with Crippen LogP contribution in [-0.4, -0.2) is 55.6 Å². The summed E-state index contributed by atoms with van der Waals surface area (Å²) in [6.07, 6.45) is 2.26. The molecule has 0 bridgehead atoms. The van der Waals surface area contributed by atoms with E-state index >= 15 is 0 Å². The van der Waals surface area contributed by atoms with Crippen LogP contribution in [0.15, 0.2) is 36.5 Å². The van der Waals surface area contributed by atoms with E-state index in [0.717, 1.165) is 28.2 Å². The second-order valence-electron chi connectivity index (χ2n) is 10.3. The second-order valence-corrected chi connectivity index (χ2v) is 10.3. The fourth-order valence-corrected chi connectivity index (χ4v) is 5.36. The van der Waals surface area contributed by atoms with Crippen molar-refractivity contribution in [2.24, 2.45) is 5.41 Å². The number of ether oxygens (including phenoxy) is 1. The highest BCUT2D eigenvalue weighted by Crippen LogP contribution is 2.43. The number of hydrogen-bond acceptors (Lipinski definition) is 6. The van der Waals surface area contributed by atoms with Crippen LogP contribution >= 0.6 is 0 Å². The Labute approximate surface area is 226 Å².